The van der Waals surface area contributed by atoms with Crippen molar-refractivity contribution in [2.45, 2.75) is 67.5 Å². The van der Waals surface area contributed by atoms with E-state index in [9.17, 15) is 46.1 Å². The molecule has 14 heteroatoms. The topological polar surface area (TPSA) is 232 Å². The fourth-order valence-corrected chi connectivity index (χ4v) is 3.85. The van der Waals surface area contributed by atoms with Gasteiger partial charge in [0.25, 0.3) is 0 Å². The zero-order valence-corrected chi connectivity index (χ0v) is 18.6. The predicted molar refractivity (Wildman–Crippen MR) is 110 cm³/mol. The Kier molecular flexibility index (Phi) is 9.21. The van der Waals surface area contributed by atoms with Crippen LogP contribution in [0.4, 0.5) is 0 Å². The molecule has 2 heterocycles. The Labute approximate surface area is 199 Å². The molecule has 14 nitrogen and oxygen atoms in total. The van der Waals surface area contributed by atoms with E-state index in [1.165, 1.54) is 25.3 Å². The van der Waals surface area contributed by atoms with E-state index in [2.05, 4.69) is 0 Å². The van der Waals surface area contributed by atoms with Crippen LogP contribution >= 0.6 is 0 Å². The number of nitriles is 1. The van der Waals surface area contributed by atoms with Crippen LogP contribution in [0.25, 0.3) is 0 Å². The van der Waals surface area contributed by atoms with Gasteiger partial charge in [0.2, 0.25) is 0 Å². The van der Waals surface area contributed by atoms with Gasteiger partial charge in [-0.1, -0.05) is 6.07 Å². The fourth-order valence-electron chi connectivity index (χ4n) is 3.85. The van der Waals surface area contributed by atoms with Crippen molar-refractivity contribution in [1.82, 2.24) is 0 Å². The molecule has 2 aliphatic rings. The lowest BCUT2D eigenvalue weighted by Crippen LogP contribution is -2.64. The van der Waals surface area contributed by atoms with Crippen molar-refractivity contribution in [1.29, 1.82) is 5.26 Å². The summed E-state index contributed by atoms with van der Waals surface area (Å²) in [5.74, 6) is -0.123. The van der Waals surface area contributed by atoms with Gasteiger partial charge in [0.1, 0.15) is 48.8 Å². The van der Waals surface area contributed by atoms with Crippen LogP contribution in [0.15, 0.2) is 18.2 Å². The first-order chi connectivity index (χ1) is 16.7. The molecule has 0 bridgehead atoms. The number of phenolic OH excluding ortho intramolecular Hbond substituents is 1. The van der Waals surface area contributed by atoms with Crippen LogP contribution in [0.1, 0.15) is 11.7 Å². The number of aliphatic hydroxyl groups excluding tert-OH is 7. The number of benzene rings is 1. The molecule has 11 atom stereocenters. The first-order valence-electron chi connectivity index (χ1n) is 10.7. The average molecular weight is 503 g/mol. The molecule has 0 saturated carbocycles. The highest BCUT2D eigenvalue weighted by Gasteiger charge is 2.51. The number of hydrogen-bond donors (Lipinski definition) is 8. The zero-order valence-electron chi connectivity index (χ0n) is 18.6. The Morgan fingerprint density at radius 2 is 1.54 bits per heavy atom. The molecule has 0 unspecified atom stereocenters. The van der Waals surface area contributed by atoms with E-state index < -0.39 is 80.7 Å². The van der Waals surface area contributed by atoms with Crippen molar-refractivity contribution < 1.29 is 64.5 Å². The van der Waals surface area contributed by atoms with Crippen LogP contribution in [0.3, 0.4) is 0 Å². The third-order valence-corrected chi connectivity index (χ3v) is 5.85. The molecule has 0 aliphatic carbocycles. The number of hydrogen-bond acceptors (Lipinski definition) is 14. The van der Waals surface area contributed by atoms with Crippen LogP contribution in [0.2, 0.25) is 0 Å². The number of aliphatic hydroxyl groups is 7. The zero-order chi connectivity index (χ0) is 25.9. The van der Waals surface area contributed by atoms with Crippen molar-refractivity contribution in [3.05, 3.63) is 23.8 Å². The molecule has 8 N–H and O–H groups in total. The van der Waals surface area contributed by atoms with Gasteiger partial charge in [-0.05, 0) is 17.7 Å². The van der Waals surface area contributed by atoms with Gasteiger partial charge in [-0.25, -0.2) is 0 Å². The van der Waals surface area contributed by atoms with E-state index >= 15 is 0 Å². The molecule has 2 fully saturated rings. The summed E-state index contributed by atoms with van der Waals surface area (Å²) in [7, 11) is 1.34. The highest BCUT2D eigenvalue weighted by molar-refractivity contribution is 5.43. The maximum absolute atomic E-state index is 10.8. The smallest absolute Gasteiger partial charge is 0.188 e. The lowest BCUT2D eigenvalue weighted by Gasteiger charge is -2.46. The maximum Gasteiger partial charge on any atom is 0.188 e. The number of rotatable bonds is 8. The number of phenols is 1. The monoisotopic (exact) mass is 503 g/mol. The molecular weight excluding hydrogens is 474 g/mol. The quantitative estimate of drug-likeness (QED) is 0.173. The minimum atomic E-state index is -1.82. The van der Waals surface area contributed by atoms with Crippen LogP contribution in [0.5, 0.6) is 11.5 Å². The van der Waals surface area contributed by atoms with Crippen LogP contribution in [0, 0.1) is 11.3 Å². The minimum absolute atomic E-state index is 0.149. The first-order valence-corrected chi connectivity index (χ1v) is 10.7. The van der Waals surface area contributed by atoms with Crippen molar-refractivity contribution in [2.24, 2.45) is 0 Å². The Bertz CT molecular complexity index is 879. The summed E-state index contributed by atoms with van der Waals surface area (Å²) < 4.78 is 26.6. The summed E-state index contributed by atoms with van der Waals surface area (Å²) in [6, 6.07) is 5.87. The van der Waals surface area contributed by atoms with Crippen molar-refractivity contribution in [2.75, 3.05) is 20.3 Å². The highest BCUT2D eigenvalue weighted by Crippen LogP contribution is 2.34. The standard InChI is InChI=1S/C21H29NO13/c1-31-10-3-2-8(4-9(10)25)11(5-22)32-21-18(30)19(15(27)13(7-24)34-21)35-20-17(29)16(28)14(26)12(6-23)33-20/h2-4,11-21,23-30H,6-7H2,1H3/t11-,12+,13+,14+,15+,16-,17+,18+,19-,20-,21+/m0/s1. The van der Waals surface area contributed by atoms with E-state index in [1.807, 2.05) is 6.07 Å². The summed E-state index contributed by atoms with van der Waals surface area (Å²) in [5, 5.41) is 90.0. The number of methoxy groups -OCH3 is 1. The largest absolute Gasteiger partial charge is 0.504 e. The van der Waals surface area contributed by atoms with E-state index in [-0.39, 0.29) is 17.1 Å². The number of aromatic hydroxyl groups is 1. The van der Waals surface area contributed by atoms with E-state index in [0.717, 1.165) is 0 Å². The van der Waals surface area contributed by atoms with Crippen molar-refractivity contribution >= 4 is 0 Å². The summed E-state index contributed by atoms with van der Waals surface area (Å²) in [5.41, 5.74) is 0.180. The molecule has 0 amide bonds. The summed E-state index contributed by atoms with van der Waals surface area (Å²) in [6.45, 7) is -1.48. The molecule has 0 aromatic heterocycles. The van der Waals surface area contributed by atoms with Gasteiger partial charge in [-0.15, -0.1) is 0 Å². The third-order valence-electron chi connectivity index (χ3n) is 5.85. The van der Waals surface area contributed by atoms with Gasteiger partial charge in [-0.2, -0.15) is 5.26 Å². The second-order valence-electron chi connectivity index (χ2n) is 8.08. The lowest BCUT2D eigenvalue weighted by molar-refractivity contribution is -0.362. The van der Waals surface area contributed by atoms with Gasteiger partial charge in [0.15, 0.2) is 30.2 Å². The molecule has 35 heavy (non-hydrogen) atoms. The van der Waals surface area contributed by atoms with E-state index in [1.54, 1.807) is 0 Å². The predicted octanol–water partition coefficient (Wildman–Crippen LogP) is -3.39. The Hall–Kier alpha value is -2.13. The third kappa shape index (κ3) is 5.66. The van der Waals surface area contributed by atoms with E-state index in [4.69, 9.17) is 23.7 Å². The fraction of sp³-hybridized carbons (Fsp3) is 0.667. The van der Waals surface area contributed by atoms with Gasteiger partial charge >= 0.3 is 0 Å². The van der Waals surface area contributed by atoms with Gasteiger partial charge < -0.3 is 64.5 Å². The van der Waals surface area contributed by atoms with Crippen molar-refractivity contribution in [3.8, 4) is 17.6 Å². The minimum Gasteiger partial charge on any atom is -0.504 e. The molecule has 2 saturated heterocycles. The molecule has 1 aromatic carbocycles. The van der Waals surface area contributed by atoms with E-state index in [0.29, 0.717) is 0 Å². The van der Waals surface area contributed by atoms with Crippen LogP contribution in [-0.2, 0) is 18.9 Å². The van der Waals surface area contributed by atoms with Gasteiger partial charge in [0.05, 0.1) is 26.4 Å². The summed E-state index contributed by atoms with van der Waals surface area (Å²) >= 11 is 0. The number of nitrogens with zero attached hydrogens (tertiary/aromatic N) is 1. The number of ether oxygens (including phenoxy) is 5. The second kappa shape index (κ2) is 11.7. The Morgan fingerprint density at radius 3 is 2.11 bits per heavy atom. The molecule has 2 aliphatic heterocycles. The molecule has 3 rings (SSSR count). The Balaban J connectivity index is 1.80. The van der Waals surface area contributed by atoms with Crippen molar-refractivity contribution in [3.63, 3.8) is 0 Å². The molecule has 0 radical (unpaired) electrons. The Morgan fingerprint density at radius 1 is 0.914 bits per heavy atom. The molecular formula is C21H29NO13. The SMILES string of the molecule is COc1ccc([C@H](C#N)O[C@@H]2O[C@H](CO)[C@@H](O)[C@H](O[C@@H]3O[C@H](CO)[C@@H](O)[C@H](O)[C@H]3O)[C@H]2O)cc1O. The average Bonchev–Trinajstić information content (AvgIpc) is 2.86. The second-order valence-corrected chi connectivity index (χ2v) is 8.08. The molecule has 196 valence electrons. The molecule has 0 spiro atoms. The van der Waals surface area contributed by atoms with Crippen LogP contribution in [-0.4, -0.2) is 123 Å². The molecule has 1 aromatic rings. The highest BCUT2D eigenvalue weighted by atomic mass is 16.7. The summed E-state index contributed by atoms with van der Waals surface area (Å²) in [6.07, 6.45) is -17.7. The summed E-state index contributed by atoms with van der Waals surface area (Å²) in [4.78, 5) is 0. The lowest BCUT2D eigenvalue weighted by atomic mass is 9.97. The normalized spacial score (nSPS) is 38.5. The maximum atomic E-state index is 10.8. The van der Waals surface area contributed by atoms with Crippen LogP contribution < -0.4 is 4.74 Å². The van der Waals surface area contributed by atoms with Gasteiger partial charge in [0, 0.05) is 0 Å². The first kappa shape index (κ1) is 27.5. The van der Waals surface area contributed by atoms with Gasteiger partial charge in [-0.3, -0.25) is 0 Å².